The van der Waals surface area contributed by atoms with Gasteiger partial charge in [0.05, 0.1) is 12.4 Å². The van der Waals surface area contributed by atoms with Gasteiger partial charge in [-0.15, -0.1) is 0 Å². The largest absolute Gasteiger partial charge is 0.363 e. The van der Waals surface area contributed by atoms with E-state index in [1.165, 1.54) is 11.9 Å². The van der Waals surface area contributed by atoms with Crippen molar-refractivity contribution in [3.8, 4) is 0 Å². The maximum absolute atomic E-state index is 10.8. The first-order chi connectivity index (χ1) is 8.75. The Morgan fingerprint density at radius 3 is 3.22 bits per heavy atom. The molecule has 3 rings (SSSR count). The van der Waals surface area contributed by atoms with Gasteiger partial charge in [-0.25, -0.2) is 4.98 Å². The fourth-order valence-electron chi connectivity index (χ4n) is 2.49. The highest BCUT2D eigenvalue weighted by atomic mass is 16.6. The number of fused-ring (bicyclic) bond motifs is 1. The van der Waals surface area contributed by atoms with Gasteiger partial charge >= 0.3 is 5.82 Å². The molecule has 0 N–H and O–H groups in total. The minimum absolute atomic E-state index is 0.0975. The number of pyridine rings is 1. The predicted octanol–water partition coefficient (Wildman–Crippen LogP) is 2.11. The molecule has 3 heterocycles. The van der Waals surface area contributed by atoms with Crippen molar-refractivity contribution in [1.82, 2.24) is 14.5 Å². The van der Waals surface area contributed by atoms with Gasteiger partial charge in [0.1, 0.15) is 6.20 Å². The lowest BCUT2D eigenvalue weighted by Gasteiger charge is -2.25. The number of nitrogens with zero attached hydrogens (tertiary/aromatic N) is 4. The Bertz CT molecular complexity index is 593. The molecule has 6 nitrogen and oxygen atoms in total. The van der Waals surface area contributed by atoms with Crippen molar-refractivity contribution in [2.45, 2.75) is 25.3 Å². The van der Waals surface area contributed by atoms with Gasteiger partial charge in [0.2, 0.25) is 0 Å². The summed E-state index contributed by atoms with van der Waals surface area (Å²) in [5, 5.41) is 10.8. The molecule has 0 fully saturated rings. The normalized spacial score (nSPS) is 18.3. The number of aryl methyl sites for hydroxylation is 1. The lowest BCUT2D eigenvalue weighted by Crippen LogP contribution is -2.17. The summed E-state index contributed by atoms with van der Waals surface area (Å²) in [6.45, 7) is 0. The molecule has 0 aromatic carbocycles. The van der Waals surface area contributed by atoms with E-state index in [0.717, 1.165) is 24.8 Å². The van der Waals surface area contributed by atoms with Crippen LogP contribution in [-0.2, 0) is 6.42 Å². The molecular weight excluding hydrogens is 232 g/mol. The maximum Gasteiger partial charge on any atom is 0.363 e. The molecule has 1 unspecified atom stereocenters. The van der Waals surface area contributed by atoms with E-state index in [4.69, 9.17) is 0 Å². The van der Waals surface area contributed by atoms with E-state index >= 15 is 0 Å². The first kappa shape index (κ1) is 10.9. The number of aromatic nitrogens is 3. The molecule has 0 amide bonds. The smallest absolute Gasteiger partial charge is 0.358 e. The van der Waals surface area contributed by atoms with Gasteiger partial charge in [-0.1, -0.05) is 0 Å². The summed E-state index contributed by atoms with van der Waals surface area (Å²) in [7, 11) is 0. The van der Waals surface area contributed by atoms with Gasteiger partial charge in [0, 0.05) is 18.0 Å². The third-order valence-electron chi connectivity index (χ3n) is 3.33. The van der Waals surface area contributed by atoms with Crippen molar-refractivity contribution in [2.75, 3.05) is 0 Å². The van der Waals surface area contributed by atoms with Gasteiger partial charge in [-0.2, -0.15) is 0 Å². The van der Waals surface area contributed by atoms with E-state index in [1.54, 1.807) is 12.4 Å². The van der Waals surface area contributed by atoms with Crippen LogP contribution in [0.2, 0.25) is 0 Å². The topological polar surface area (TPSA) is 73.8 Å². The maximum atomic E-state index is 10.8. The molecule has 0 aliphatic carbocycles. The standard InChI is InChI=1S/C12H12N4O2/c17-16(18)12-6-9(4-5-14-12)11-3-1-2-10-7-13-8-15(10)11/h4-8,11H,1-3H2. The molecule has 0 spiro atoms. The van der Waals surface area contributed by atoms with E-state index in [0.29, 0.717) is 0 Å². The third kappa shape index (κ3) is 1.75. The Labute approximate surface area is 103 Å². The second kappa shape index (κ2) is 4.21. The fraction of sp³-hybridized carbons (Fsp3) is 0.333. The highest BCUT2D eigenvalue weighted by molar-refractivity contribution is 5.29. The lowest BCUT2D eigenvalue weighted by atomic mass is 9.97. The zero-order valence-electron chi connectivity index (χ0n) is 9.69. The van der Waals surface area contributed by atoms with Crippen molar-refractivity contribution in [1.29, 1.82) is 0 Å². The van der Waals surface area contributed by atoms with Crippen LogP contribution in [0, 0.1) is 10.1 Å². The van der Waals surface area contributed by atoms with E-state index in [1.807, 2.05) is 12.3 Å². The van der Waals surface area contributed by atoms with Crippen molar-refractivity contribution in [3.05, 3.63) is 52.2 Å². The van der Waals surface area contributed by atoms with Crippen LogP contribution in [0.1, 0.15) is 30.1 Å². The van der Waals surface area contributed by atoms with Crippen molar-refractivity contribution < 1.29 is 4.92 Å². The highest BCUT2D eigenvalue weighted by Crippen LogP contribution is 2.31. The molecule has 0 saturated carbocycles. The third-order valence-corrected chi connectivity index (χ3v) is 3.33. The summed E-state index contributed by atoms with van der Waals surface area (Å²) >= 11 is 0. The summed E-state index contributed by atoms with van der Waals surface area (Å²) in [4.78, 5) is 18.2. The van der Waals surface area contributed by atoms with E-state index < -0.39 is 4.92 Å². The Morgan fingerprint density at radius 1 is 1.50 bits per heavy atom. The molecule has 6 heteroatoms. The number of nitro groups is 1. The van der Waals surface area contributed by atoms with Gasteiger partial charge in [-0.3, -0.25) is 0 Å². The second-order valence-electron chi connectivity index (χ2n) is 4.40. The first-order valence-corrected chi connectivity index (χ1v) is 5.87. The van der Waals surface area contributed by atoms with Crippen LogP contribution in [0.4, 0.5) is 5.82 Å². The summed E-state index contributed by atoms with van der Waals surface area (Å²) < 4.78 is 2.10. The Morgan fingerprint density at radius 2 is 2.39 bits per heavy atom. The van der Waals surface area contributed by atoms with Crippen LogP contribution in [0.25, 0.3) is 0 Å². The Balaban J connectivity index is 2.02. The molecular formula is C12H12N4O2. The van der Waals surface area contributed by atoms with Crippen LogP contribution in [0.15, 0.2) is 30.9 Å². The molecule has 0 bridgehead atoms. The molecule has 0 radical (unpaired) electrons. The van der Waals surface area contributed by atoms with Crippen LogP contribution in [0.3, 0.4) is 0 Å². The van der Waals surface area contributed by atoms with Crippen LogP contribution < -0.4 is 0 Å². The van der Waals surface area contributed by atoms with Crippen molar-refractivity contribution in [3.63, 3.8) is 0 Å². The van der Waals surface area contributed by atoms with Gasteiger partial charge in [0.15, 0.2) is 0 Å². The van der Waals surface area contributed by atoms with Crippen LogP contribution >= 0.6 is 0 Å². The molecule has 1 aliphatic rings. The van der Waals surface area contributed by atoms with E-state index in [-0.39, 0.29) is 11.9 Å². The number of hydrogen-bond donors (Lipinski definition) is 0. The fourth-order valence-corrected chi connectivity index (χ4v) is 2.49. The minimum Gasteiger partial charge on any atom is -0.358 e. The van der Waals surface area contributed by atoms with E-state index in [2.05, 4.69) is 14.5 Å². The molecule has 1 atom stereocenters. The second-order valence-corrected chi connectivity index (χ2v) is 4.40. The highest BCUT2D eigenvalue weighted by Gasteiger charge is 2.22. The summed E-state index contributed by atoms with van der Waals surface area (Å²) in [5.41, 5.74) is 2.11. The molecule has 92 valence electrons. The monoisotopic (exact) mass is 244 g/mol. The average molecular weight is 244 g/mol. The number of hydrogen-bond acceptors (Lipinski definition) is 4. The summed E-state index contributed by atoms with van der Waals surface area (Å²) in [5.74, 6) is -0.0975. The van der Waals surface area contributed by atoms with Crippen LogP contribution in [0.5, 0.6) is 0 Å². The Kier molecular flexibility index (Phi) is 2.55. The quantitative estimate of drug-likeness (QED) is 0.599. The van der Waals surface area contributed by atoms with Crippen molar-refractivity contribution >= 4 is 5.82 Å². The predicted molar refractivity (Wildman–Crippen MR) is 64.2 cm³/mol. The molecule has 0 saturated heterocycles. The molecule has 2 aromatic rings. The lowest BCUT2D eigenvalue weighted by molar-refractivity contribution is -0.389. The van der Waals surface area contributed by atoms with Crippen molar-refractivity contribution in [2.24, 2.45) is 0 Å². The number of imidazole rings is 1. The SMILES string of the molecule is O=[N+]([O-])c1cc(C2CCCc3cncn32)ccn1. The first-order valence-electron chi connectivity index (χ1n) is 5.87. The average Bonchev–Trinajstić information content (AvgIpc) is 2.87. The van der Waals surface area contributed by atoms with Gasteiger partial charge in [0.25, 0.3) is 0 Å². The van der Waals surface area contributed by atoms with E-state index in [9.17, 15) is 10.1 Å². The van der Waals surface area contributed by atoms with Crippen LogP contribution in [-0.4, -0.2) is 19.5 Å². The minimum atomic E-state index is -0.457. The van der Waals surface area contributed by atoms with Gasteiger partial charge in [-0.05, 0) is 40.8 Å². The zero-order valence-corrected chi connectivity index (χ0v) is 9.69. The summed E-state index contributed by atoms with van der Waals surface area (Å²) in [6.07, 6.45) is 8.23. The Hall–Kier alpha value is -2.24. The molecule has 1 aliphatic heterocycles. The molecule has 2 aromatic heterocycles. The van der Waals surface area contributed by atoms with Gasteiger partial charge < -0.3 is 14.7 Å². The zero-order chi connectivity index (χ0) is 12.5. The molecule has 18 heavy (non-hydrogen) atoms. The number of rotatable bonds is 2. The summed E-state index contributed by atoms with van der Waals surface area (Å²) in [6, 6.07) is 3.53.